The van der Waals surface area contributed by atoms with E-state index in [2.05, 4.69) is 27.5 Å². The molecule has 0 fully saturated rings. The van der Waals surface area contributed by atoms with Crippen molar-refractivity contribution in [1.29, 1.82) is 0 Å². The van der Waals surface area contributed by atoms with Gasteiger partial charge in [-0.1, -0.05) is 13.3 Å². The molecule has 2 rings (SSSR count). The molecular weight excluding hydrogens is 290 g/mol. The van der Waals surface area contributed by atoms with Crippen molar-refractivity contribution in [2.45, 2.75) is 19.8 Å². The molecule has 0 aliphatic rings. The minimum atomic E-state index is -0.841. The Morgan fingerprint density at radius 3 is 2.59 bits per heavy atom. The molecule has 1 amide bonds. The van der Waals surface area contributed by atoms with Crippen molar-refractivity contribution >= 4 is 17.5 Å². The molecule has 22 heavy (non-hydrogen) atoms. The lowest BCUT2D eigenvalue weighted by Gasteiger charge is -2.07. The quantitative estimate of drug-likeness (QED) is 0.804. The van der Waals surface area contributed by atoms with Gasteiger partial charge in [-0.3, -0.25) is 4.79 Å². The van der Waals surface area contributed by atoms with Gasteiger partial charge in [-0.15, -0.1) is 0 Å². The molecular formula is C15H16F2N4O. The number of amides is 1. The van der Waals surface area contributed by atoms with Crippen molar-refractivity contribution in [2.75, 3.05) is 17.2 Å². The number of aromatic nitrogens is 2. The smallest absolute Gasteiger partial charge is 0.258 e. The average Bonchev–Trinajstić information content (AvgIpc) is 2.51. The minimum absolute atomic E-state index is 0.100. The van der Waals surface area contributed by atoms with Gasteiger partial charge >= 0.3 is 0 Å². The number of rotatable bonds is 6. The van der Waals surface area contributed by atoms with Crippen LogP contribution in [-0.4, -0.2) is 22.4 Å². The summed E-state index contributed by atoms with van der Waals surface area (Å²) in [6, 6.07) is 2.92. The second-order valence-electron chi connectivity index (χ2n) is 4.65. The molecule has 1 aromatic heterocycles. The SMILES string of the molecule is CCCCNc1ncc(C(=O)Nc2ccc(F)cc2F)cn1. The van der Waals surface area contributed by atoms with Crippen LogP contribution in [0.25, 0.3) is 0 Å². The molecule has 1 heterocycles. The molecule has 0 atom stereocenters. The van der Waals surface area contributed by atoms with Crippen molar-refractivity contribution in [2.24, 2.45) is 0 Å². The maximum atomic E-state index is 13.5. The highest BCUT2D eigenvalue weighted by molar-refractivity contribution is 6.03. The number of benzene rings is 1. The van der Waals surface area contributed by atoms with Gasteiger partial charge in [0.05, 0.1) is 11.3 Å². The summed E-state index contributed by atoms with van der Waals surface area (Å²) in [7, 11) is 0. The number of nitrogens with one attached hydrogen (secondary N) is 2. The zero-order valence-corrected chi connectivity index (χ0v) is 12.1. The number of unbranched alkanes of at least 4 members (excludes halogenated alkanes) is 1. The van der Waals surface area contributed by atoms with Crippen LogP contribution in [0.3, 0.4) is 0 Å². The van der Waals surface area contributed by atoms with Crippen molar-refractivity contribution in [3.8, 4) is 0 Å². The highest BCUT2D eigenvalue weighted by Gasteiger charge is 2.11. The van der Waals surface area contributed by atoms with Crippen molar-refractivity contribution in [3.05, 3.63) is 47.8 Å². The second kappa shape index (κ2) is 7.44. The Morgan fingerprint density at radius 2 is 1.95 bits per heavy atom. The third kappa shape index (κ3) is 4.21. The van der Waals surface area contributed by atoms with E-state index in [1.165, 1.54) is 12.4 Å². The number of hydrogen-bond acceptors (Lipinski definition) is 4. The van der Waals surface area contributed by atoms with Crippen LogP contribution in [0.5, 0.6) is 0 Å². The number of carbonyl (C=O) groups is 1. The van der Waals surface area contributed by atoms with Gasteiger partial charge in [0, 0.05) is 25.0 Å². The van der Waals surface area contributed by atoms with Crippen LogP contribution in [-0.2, 0) is 0 Å². The lowest BCUT2D eigenvalue weighted by molar-refractivity contribution is 0.102. The van der Waals surface area contributed by atoms with E-state index in [0.29, 0.717) is 12.0 Å². The molecule has 0 unspecified atom stereocenters. The highest BCUT2D eigenvalue weighted by Crippen LogP contribution is 2.16. The van der Waals surface area contributed by atoms with Crippen LogP contribution in [0.4, 0.5) is 20.4 Å². The molecule has 0 spiro atoms. The van der Waals surface area contributed by atoms with E-state index in [-0.39, 0.29) is 11.3 Å². The van der Waals surface area contributed by atoms with E-state index >= 15 is 0 Å². The zero-order valence-electron chi connectivity index (χ0n) is 12.1. The van der Waals surface area contributed by atoms with Gasteiger partial charge in [0.15, 0.2) is 0 Å². The molecule has 116 valence electrons. The standard InChI is InChI=1S/C15H16F2N4O/c1-2-3-6-18-15-19-8-10(9-20-15)14(22)21-13-5-4-11(16)7-12(13)17/h4-5,7-9H,2-3,6H2,1H3,(H,21,22)(H,18,19,20). The molecule has 2 aromatic rings. The Bertz CT molecular complexity index is 646. The minimum Gasteiger partial charge on any atom is -0.354 e. The summed E-state index contributed by atoms with van der Waals surface area (Å²) in [5.74, 6) is -1.68. The molecule has 0 radical (unpaired) electrons. The first-order chi connectivity index (χ1) is 10.6. The van der Waals surface area contributed by atoms with E-state index in [9.17, 15) is 13.6 Å². The van der Waals surface area contributed by atoms with E-state index in [4.69, 9.17) is 0 Å². The first-order valence-corrected chi connectivity index (χ1v) is 6.92. The fourth-order valence-electron chi connectivity index (χ4n) is 1.70. The lowest BCUT2D eigenvalue weighted by atomic mass is 10.2. The van der Waals surface area contributed by atoms with Crippen LogP contribution in [0.1, 0.15) is 30.1 Å². The zero-order chi connectivity index (χ0) is 15.9. The molecule has 0 bridgehead atoms. The summed E-state index contributed by atoms with van der Waals surface area (Å²) < 4.78 is 26.3. The molecule has 0 saturated heterocycles. The van der Waals surface area contributed by atoms with Gasteiger partial charge < -0.3 is 10.6 Å². The summed E-state index contributed by atoms with van der Waals surface area (Å²) in [4.78, 5) is 20.0. The number of nitrogens with zero attached hydrogens (tertiary/aromatic N) is 2. The highest BCUT2D eigenvalue weighted by atomic mass is 19.1. The predicted molar refractivity (Wildman–Crippen MR) is 79.7 cm³/mol. The Balaban J connectivity index is 2.00. The maximum Gasteiger partial charge on any atom is 0.258 e. The first-order valence-electron chi connectivity index (χ1n) is 6.92. The number of carbonyl (C=O) groups excluding carboxylic acids is 1. The number of hydrogen-bond donors (Lipinski definition) is 2. The van der Waals surface area contributed by atoms with Crippen molar-refractivity contribution < 1.29 is 13.6 Å². The van der Waals surface area contributed by atoms with E-state index in [1.54, 1.807) is 0 Å². The summed E-state index contributed by atoms with van der Waals surface area (Å²) in [5.41, 5.74) is 0.0845. The van der Waals surface area contributed by atoms with Gasteiger partial charge in [-0.05, 0) is 18.6 Å². The monoisotopic (exact) mass is 306 g/mol. The van der Waals surface area contributed by atoms with Crippen LogP contribution >= 0.6 is 0 Å². The molecule has 0 saturated carbocycles. The number of anilines is 2. The lowest BCUT2D eigenvalue weighted by Crippen LogP contribution is -2.14. The predicted octanol–water partition coefficient (Wildman–Crippen LogP) is 3.22. The molecule has 2 N–H and O–H groups in total. The summed E-state index contributed by atoms with van der Waals surface area (Å²) in [6.07, 6.45) is 4.74. The van der Waals surface area contributed by atoms with Crippen LogP contribution < -0.4 is 10.6 Å². The Kier molecular flexibility index (Phi) is 5.35. The van der Waals surface area contributed by atoms with Gasteiger partial charge in [0.2, 0.25) is 5.95 Å². The second-order valence-corrected chi connectivity index (χ2v) is 4.65. The van der Waals surface area contributed by atoms with E-state index in [1.807, 2.05) is 0 Å². The van der Waals surface area contributed by atoms with Gasteiger partial charge in [0.1, 0.15) is 11.6 Å². The summed E-state index contributed by atoms with van der Waals surface area (Å²) >= 11 is 0. The largest absolute Gasteiger partial charge is 0.354 e. The van der Waals surface area contributed by atoms with Gasteiger partial charge in [-0.2, -0.15) is 0 Å². The molecule has 0 aliphatic carbocycles. The van der Waals surface area contributed by atoms with E-state index < -0.39 is 17.5 Å². The third-order valence-corrected chi connectivity index (χ3v) is 2.91. The molecule has 7 heteroatoms. The van der Waals surface area contributed by atoms with E-state index in [0.717, 1.165) is 31.5 Å². The first kappa shape index (κ1) is 15.8. The topological polar surface area (TPSA) is 66.9 Å². The number of halogens is 2. The van der Waals surface area contributed by atoms with Gasteiger partial charge in [0.25, 0.3) is 5.91 Å². The average molecular weight is 306 g/mol. The van der Waals surface area contributed by atoms with Gasteiger partial charge in [-0.25, -0.2) is 18.7 Å². The summed E-state index contributed by atoms with van der Waals surface area (Å²) in [6.45, 7) is 2.83. The van der Waals surface area contributed by atoms with Crippen molar-refractivity contribution in [3.63, 3.8) is 0 Å². The van der Waals surface area contributed by atoms with Crippen LogP contribution in [0.2, 0.25) is 0 Å². The fourth-order valence-corrected chi connectivity index (χ4v) is 1.70. The van der Waals surface area contributed by atoms with Crippen LogP contribution in [0.15, 0.2) is 30.6 Å². The molecule has 1 aromatic carbocycles. The third-order valence-electron chi connectivity index (χ3n) is 2.91. The van der Waals surface area contributed by atoms with Crippen molar-refractivity contribution in [1.82, 2.24) is 9.97 Å². The Morgan fingerprint density at radius 1 is 1.23 bits per heavy atom. The summed E-state index contributed by atoms with van der Waals surface area (Å²) in [5, 5.41) is 5.37. The Labute approximate surface area is 126 Å². The fraction of sp³-hybridized carbons (Fsp3) is 0.267. The normalized spacial score (nSPS) is 10.3. The maximum absolute atomic E-state index is 13.5. The Hall–Kier alpha value is -2.57. The molecule has 5 nitrogen and oxygen atoms in total. The van der Waals surface area contributed by atoms with Crippen LogP contribution in [0, 0.1) is 11.6 Å². The molecule has 0 aliphatic heterocycles.